The molecule has 0 aromatic carbocycles. The van der Waals surface area contributed by atoms with E-state index in [0.717, 1.165) is 6.92 Å². The zero-order chi connectivity index (χ0) is 8.69. The van der Waals surface area contributed by atoms with Gasteiger partial charge >= 0.3 is 51.4 Å². The van der Waals surface area contributed by atoms with Gasteiger partial charge in [0.25, 0.3) is 5.97 Å². The standard InChI is InChI=1S/C6H13N.C2H4O2.K.H/c7-6-4-2-1-3-5-6;1-2(3)4;;/h6H,1-5,7H2;1H3,(H,3,4);;. The van der Waals surface area contributed by atoms with Crippen LogP contribution >= 0.6 is 0 Å². The molecule has 1 aliphatic carbocycles. The molecule has 1 aliphatic rings. The van der Waals surface area contributed by atoms with Crippen LogP contribution in [0, 0.1) is 0 Å². The topological polar surface area (TPSA) is 63.3 Å². The molecule has 0 amide bonds. The van der Waals surface area contributed by atoms with Gasteiger partial charge in [-0.25, -0.2) is 0 Å². The zero-order valence-corrected chi connectivity index (χ0v) is 7.05. The van der Waals surface area contributed by atoms with Crippen LogP contribution in [0.4, 0.5) is 0 Å². The van der Waals surface area contributed by atoms with E-state index in [-0.39, 0.29) is 51.4 Å². The number of aliphatic carboxylic acids is 1. The van der Waals surface area contributed by atoms with Crippen molar-refractivity contribution in [2.45, 2.75) is 45.1 Å². The number of carbonyl (C=O) groups is 1. The Labute approximate surface area is 117 Å². The number of carboxylic acids is 1. The molecule has 12 heavy (non-hydrogen) atoms. The summed E-state index contributed by atoms with van der Waals surface area (Å²) < 4.78 is 0. The molecule has 0 aromatic heterocycles. The molecule has 1 saturated carbocycles. The van der Waals surface area contributed by atoms with Crippen LogP contribution in [0.2, 0.25) is 0 Å². The van der Waals surface area contributed by atoms with Gasteiger partial charge in [0.2, 0.25) is 0 Å². The van der Waals surface area contributed by atoms with Gasteiger partial charge in [0.1, 0.15) is 0 Å². The van der Waals surface area contributed by atoms with Crippen LogP contribution in [0.3, 0.4) is 0 Å². The van der Waals surface area contributed by atoms with Crippen LogP contribution < -0.4 is 5.73 Å². The van der Waals surface area contributed by atoms with Gasteiger partial charge in [0.05, 0.1) is 0 Å². The van der Waals surface area contributed by atoms with Crippen molar-refractivity contribution in [2.24, 2.45) is 5.73 Å². The average molecular weight is 199 g/mol. The summed E-state index contributed by atoms with van der Waals surface area (Å²) in [5, 5.41) is 7.42. The maximum atomic E-state index is 9.00. The molecule has 3 N–H and O–H groups in total. The fourth-order valence-corrected chi connectivity index (χ4v) is 1.13. The monoisotopic (exact) mass is 199 g/mol. The Balaban J connectivity index is 0. The van der Waals surface area contributed by atoms with Crippen LogP contribution in [-0.2, 0) is 4.79 Å². The Bertz CT molecular complexity index is 110. The van der Waals surface area contributed by atoms with Crippen LogP contribution in [0.25, 0.3) is 0 Å². The summed E-state index contributed by atoms with van der Waals surface area (Å²) >= 11 is 0. The maximum absolute atomic E-state index is 9.00. The number of nitrogens with two attached hydrogens (primary N) is 1. The summed E-state index contributed by atoms with van der Waals surface area (Å²) in [6.07, 6.45) is 6.66. The molecule has 0 heterocycles. The molecule has 4 heteroatoms. The van der Waals surface area contributed by atoms with E-state index in [1.165, 1.54) is 32.1 Å². The molecule has 0 radical (unpaired) electrons. The first-order chi connectivity index (χ1) is 5.13. The Morgan fingerprint density at radius 1 is 1.33 bits per heavy atom. The Kier molecular flexibility index (Phi) is 13.1. The van der Waals surface area contributed by atoms with E-state index in [1.807, 2.05) is 0 Å². The van der Waals surface area contributed by atoms with E-state index >= 15 is 0 Å². The third kappa shape index (κ3) is 13.6. The van der Waals surface area contributed by atoms with Gasteiger partial charge in [-0.1, -0.05) is 19.3 Å². The molecule has 0 aromatic rings. The molecule has 1 rings (SSSR count). The Hall–Kier alpha value is 1.07. The van der Waals surface area contributed by atoms with Crippen molar-refractivity contribution in [1.82, 2.24) is 0 Å². The van der Waals surface area contributed by atoms with Gasteiger partial charge in [-0.3, -0.25) is 4.79 Å². The fourth-order valence-electron chi connectivity index (χ4n) is 1.13. The zero-order valence-electron chi connectivity index (χ0n) is 7.05. The Morgan fingerprint density at radius 2 is 1.67 bits per heavy atom. The van der Waals surface area contributed by atoms with E-state index in [1.54, 1.807) is 0 Å². The summed E-state index contributed by atoms with van der Waals surface area (Å²) in [6.45, 7) is 1.08. The summed E-state index contributed by atoms with van der Waals surface area (Å²) in [5.41, 5.74) is 5.63. The predicted molar refractivity (Wildman–Crippen MR) is 51.5 cm³/mol. The van der Waals surface area contributed by atoms with Crippen molar-refractivity contribution in [3.63, 3.8) is 0 Å². The minimum atomic E-state index is -0.833. The SMILES string of the molecule is CC(=O)O.NC1CCCCC1.[KH]. The molecule has 0 bridgehead atoms. The average Bonchev–Trinajstić information content (AvgIpc) is 1.87. The first-order valence-corrected chi connectivity index (χ1v) is 4.08. The molecule has 0 saturated heterocycles. The van der Waals surface area contributed by atoms with Gasteiger partial charge < -0.3 is 10.8 Å². The third-order valence-electron chi connectivity index (χ3n) is 1.65. The first-order valence-electron chi connectivity index (χ1n) is 4.08. The molecule has 0 spiro atoms. The number of rotatable bonds is 0. The normalized spacial score (nSPS) is 16.8. The van der Waals surface area contributed by atoms with E-state index < -0.39 is 5.97 Å². The molecular weight excluding hydrogens is 181 g/mol. The summed E-state index contributed by atoms with van der Waals surface area (Å²) in [7, 11) is 0. The Morgan fingerprint density at radius 3 is 1.83 bits per heavy atom. The number of hydrogen-bond donors (Lipinski definition) is 2. The van der Waals surface area contributed by atoms with Gasteiger partial charge in [0, 0.05) is 13.0 Å². The van der Waals surface area contributed by atoms with Crippen LogP contribution in [0.5, 0.6) is 0 Å². The van der Waals surface area contributed by atoms with Gasteiger partial charge in [-0.15, -0.1) is 0 Å². The summed E-state index contributed by atoms with van der Waals surface area (Å²) in [5.74, 6) is -0.833. The van der Waals surface area contributed by atoms with E-state index in [2.05, 4.69) is 0 Å². The summed E-state index contributed by atoms with van der Waals surface area (Å²) in [4.78, 5) is 9.00. The van der Waals surface area contributed by atoms with Crippen molar-refractivity contribution in [3.05, 3.63) is 0 Å². The number of carboxylic acid groups (broad SMARTS) is 1. The molecular formula is C8H18KNO2. The quantitative estimate of drug-likeness (QED) is 0.565. The van der Waals surface area contributed by atoms with Crippen molar-refractivity contribution in [1.29, 1.82) is 0 Å². The predicted octanol–water partition coefficient (Wildman–Crippen LogP) is 0.720. The first kappa shape index (κ1) is 15.5. The van der Waals surface area contributed by atoms with Crippen LogP contribution in [0.1, 0.15) is 39.0 Å². The van der Waals surface area contributed by atoms with Crippen LogP contribution in [0.15, 0.2) is 0 Å². The van der Waals surface area contributed by atoms with Gasteiger partial charge in [-0.2, -0.15) is 0 Å². The molecule has 0 unspecified atom stereocenters. The second kappa shape index (κ2) is 10.1. The van der Waals surface area contributed by atoms with Crippen molar-refractivity contribution < 1.29 is 9.90 Å². The molecule has 0 aliphatic heterocycles. The van der Waals surface area contributed by atoms with Gasteiger partial charge in [-0.05, 0) is 12.8 Å². The number of hydrogen-bond acceptors (Lipinski definition) is 2. The fraction of sp³-hybridized carbons (Fsp3) is 0.875. The molecule has 68 valence electrons. The van der Waals surface area contributed by atoms with E-state index in [0.29, 0.717) is 6.04 Å². The van der Waals surface area contributed by atoms with Crippen molar-refractivity contribution in [2.75, 3.05) is 0 Å². The third-order valence-corrected chi connectivity index (χ3v) is 1.65. The second-order valence-corrected chi connectivity index (χ2v) is 2.92. The van der Waals surface area contributed by atoms with Crippen LogP contribution in [-0.4, -0.2) is 68.5 Å². The summed E-state index contributed by atoms with van der Waals surface area (Å²) in [6, 6.07) is 0.536. The van der Waals surface area contributed by atoms with Crippen molar-refractivity contribution >= 4 is 57.4 Å². The molecule has 1 fully saturated rings. The van der Waals surface area contributed by atoms with E-state index in [4.69, 9.17) is 15.6 Å². The van der Waals surface area contributed by atoms with E-state index in [9.17, 15) is 0 Å². The molecule has 0 atom stereocenters. The van der Waals surface area contributed by atoms with Gasteiger partial charge in [0.15, 0.2) is 0 Å². The second-order valence-electron chi connectivity index (χ2n) is 2.92. The minimum absolute atomic E-state index is 0. The molecule has 3 nitrogen and oxygen atoms in total. The van der Waals surface area contributed by atoms with Crippen molar-refractivity contribution in [3.8, 4) is 0 Å².